The maximum absolute atomic E-state index is 13.2. The van der Waals surface area contributed by atoms with E-state index in [9.17, 15) is 9.59 Å². The van der Waals surface area contributed by atoms with E-state index in [0.29, 0.717) is 56.8 Å². The van der Waals surface area contributed by atoms with Gasteiger partial charge in [0.2, 0.25) is 11.9 Å². The molecule has 1 saturated heterocycles. The molecule has 2 aliphatic heterocycles. The predicted molar refractivity (Wildman–Crippen MR) is 131 cm³/mol. The van der Waals surface area contributed by atoms with E-state index in [-0.39, 0.29) is 23.9 Å². The molecule has 0 radical (unpaired) electrons. The van der Waals surface area contributed by atoms with Crippen molar-refractivity contribution in [1.82, 2.24) is 19.8 Å². The molecule has 34 heavy (non-hydrogen) atoms. The maximum atomic E-state index is 13.2. The second kappa shape index (κ2) is 9.87. The molecule has 1 N–H and O–H groups in total. The molecule has 2 aliphatic rings. The molecule has 4 rings (SSSR count). The second-order valence-electron chi connectivity index (χ2n) is 9.06. The van der Waals surface area contributed by atoms with Crippen molar-refractivity contribution in [2.75, 3.05) is 43.0 Å². The summed E-state index contributed by atoms with van der Waals surface area (Å²) in [4.78, 5) is 40.2. The summed E-state index contributed by atoms with van der Waals surface area (Å²) in [6, 6.07) is 7.93. The molecule has 2 amide bonds. The van der Waals surface area contributed by atoms with Gasteiger partial charge in [0, 0.05) is 50.3 Å². The molecule has 0 saturated carbocycles. The SMILES string of the molecule is CCOc1ccccc1[C@@H](C)Nc1nc(N2CCN(C(C)=O)CC2)nc2c1CN(C(C)C)C2=O. The Kier molecular flexibility index (Phi) is 6.90. The molecule has 2 aromatic rings. The molecule has 9 heteroatoms. The van der Waals surface area contributed by atoms with Gasteiger partial charge in [0.05, 0.1) is 19.2 Å². The summed E-state index contributed by atoms with van der Waals surface area (Å²) < 4.78 is 5.83. The third-order valence-corrected chi connectivity index (χ3v) is 6.46. The van der Waals surface area contributed by atoms with Crippen molar-refractivity contribution in [2.45, 2.75) is 53.2 Å². The number of ether oxygens (including phenoxy) is 1. The number of carbonyl (C=O) groups is 2. The number of nitrogens with one attached hydrogen (secondary N) is 1. The quantitative estimate of drug-likeness (QED) is 0.671. The number of piperazine rings is 1. The number of rotatable bonds is 7. The molecule has 3 heterocycles. The highest BCUT2D eigenvalue weighted by atomic mass is 16.5. The van der Waals surface area contributed by atoms with Crippen LogP contribution in [0.5, 0.6) is 5.75 Å². The van der Waals surface area contributed by atoms with Gasteiger partial charge in [-0.25, -0.2) is 4.98 Å². The number of hydrogen-bond acceptors (Lipinski definition) is 7. The summed E-state index contributed by atoms with van der Waals surface area (Å²) in [5.41, 5.74) is 2.31. The fraction of sp³-hybridized carbons (Fsp3) is 0.520. The number of aromatic nitrogens is 2. The largest absolute Gasteiger partial charge is 0.494 e. The van der Waals surface area contributed by atoms with Gasteiger partial charge in [-0.2, -0.15) is 4.98 Å². The molecule has 0 aliphatic carbocycles. The smallest absolute Gasteiger partial charge is 0.273 e. The lowest BCUT2D eigenvalue weighted by atomic mass is 10.1. The van der Waals surface area contributed by atoms with Crippen molar-refractivity contribution in [1.29, 1.82) is 0 Å². The van der Waals surface area contributed by atoms with Gasteiger partial charge in [-0.15, -0.1) is 0 Å². The van der Waals surface area contributed by atoms with Crippen LogP contribution in [0.4, 0.5) is 11.8 Å². The zero-order chi connectivity index (χ0) is 24.4. The van der Waals surface area contributed by atoms with Crippen molar-refractivity contribution in [3.63, 3.8) is 0 Å². The van der Waals surface area contributed by atoms with E-state index in [1.165, 1.54) is 0 Å². The Morgan fingerprint density at radius 1 is 1.12 bits per heavy atom. The van der Waals surface area contributed by atoms with Gasteiger partial charge < -0.3 is 24.8 Å². The van der Waals surface area contributed by atoms with Crippen LogP contribution in [0.3, 0.4) is 0 Å². The normalized spacial score (nSPS) is 16.6. The Balaban J connectivity index is 1.67. The molecule has 1 fully saturated rings. The minimum Gasteiger partial charge on any atom is -0.494 e. The van der Waals surface area contributed by atoms with Crippen LogP contribution in [-0.2, 0) is 11.3 Å². The summed E-state index contributed by atoms with van der Waals surface area (Å²) >= 11 is 0. The first-order valence-corrected chi connectivity index (χ1v) is 12.0. The van der Waals surface area contributed by atoms with Crippen LogP contribution in [0.1, 0.15) is 62.3 Å². The van der Waals surface area contributed by atoms with Gasteiger partial charge in [0.1, 0.15) is 17.3 Å². The van der Waals surface area contributed by atoms with Crippen molar-refractivity contribution in [2.24, 2.45) is 0 Å². The minimum absolute atomic E-state index is 0.0632. The van der Waals surface area contributed by atoms with Crippen LogP contribution in [-0.4, -0.2) is 70.4 Å². The molecule has 0 unspecified atom stereocenters. The number of benzene rings is 1. The van der Waals surface area contributed by atoms with E-state index in [1.54, 1.807) is 6.92 Å². The van der Waals surface area contributed by atoms with E-state index in [0.717, 1.165) is 16.9 Å². The van der Waals surface area contributed by atoms with Gasteiger partial charge in [0.15, 0.2) is 0 Å². The number of para-hydroxylation sites is 1. The zero-order valence-corrected chi connectivity index (χ0v) is 20.7. The van der Waals surface area contributed by atoms with Crippen molar-refractivity contribution < 1.29 is 14.3 Å². The van der Waals surface area contributed by atoms with E-state index in [4.69, 9.17) is 14.7 Å². The fourth-order valence-corrected chi connectivity index (χ4v) is 4.48. The van der Waals surface area contributed by atoms with Crippen LogP contribution in [0, 0.1) is 0 Å². The average Bonchev–Trinajstić information content (AvgIpc) is 3.16. The van der Waals surface area contributed by atoms with Gasteiger partial charge in [-0.3, -0.25) is 9.59 Å². The van der Waals surface area contributed by atoms with Gasteiger partial charge in [0.25, 0.3) is 5.91 Å². The van der Waals surface area contributed by atoms with Gasteiger partial charge >= 0.3 is 0 Å². The lowest BCUT2D eigenvalue weighted by Crippen LogP contribution is -2.48. The Bertz CT molecular complexity index is 1060. The van der Waals surface area contributed by atoms with Gasteiger partial charge in [-0.05, 0) is 33.8 Å². The van der Waals surface area contributed by atoms with Crippen LogP contribution in [0.25, 0.3) is 0 Å². The maximum Gasteiger partial charge on any atom is 0.273 e. The highest BCUT2D eigenvalue weighted by Gasteiger charge is 2.35. The first-order valence-electron chi connectivity index (χ1n) is 12.0. The topological polar surface area (TPSA) is 90.9 Å². The van der Waals surface area contributed by atoms with Crippen LogP contribution in [0.2, 0.25) is 0 Å². The number of nitrogens with zero attached hydrogens (tertiary/aromatic N) is 5. The average molecular weight is 467 g/mol. The predicted octanol–water partition coefficient (Wildman–Crippen LogP) is 3.08. The Labute approximate surface area is 201 Å². The molecule has 0 bridgehead atoms. The van der Waals surface area contributed by atoms with Crippen molar-refractivity contribution in [3.05, 3.63) is 41.1 Å². The molecular weight excluding hydrogens is 432 g/mol. The van der Waals surface area contributed by atoms with E-state index in [2.05, 4.69) is 17.1 Å². The number of anilines is 2. The molecule has 182 valence electrons. The van der Waals surface area contributed by atoms with Crippen LogP contribution >= 0.6 is 0 Å². The first-order chi connectivity index (χ1) is 16.3. The summed E-state index contributed by atoms with van der Waals surface area (Å²) in [6.07, 6.45) is 0. The number of hydrogen-bond donors (Lipinski definition) is 1. The standard InChI is InChI=1S/C25H34N6O3/c1-6-34-21-10-8-7-9-19(21)17(4)26-23-20-15-31(16(2)3)24(33)22(20)27-25(28-23)30-13-11-29(12-14-30)18(5)32/h7-10,16-17H,6,11-15H2,1-5H3,(H,26,27,28)/t17-/m1/s1. The zero-order valence-electron chi connectivity index (χ0n) is 20.7. The van der Waals surface area contributed by atoms with Crippen molar-refractivity contribution >= 4 is 23.6 Å². The Morgan fingerprint density at radius 3 is 2.47 bits per heavy atom. The Hall–Kier alpha value is -3.36. The molecule has 1 aromatic carbocycles. The summed E-state index contributed by atoms with van der Waals surface area (Å²) in [5, 5.41) is 3.54. The number of amides is 2. The van der Waals surface area contributed by atoms with Crippen molar-refractivity contribution in [3.8, 4) is 5.75 Å². The monoisotopic (exact) mass is 466 g/mol. The fourth-order valence-electron chi connectivity index (χ4n) is 4.48. The highest BCUT2D eigenvalue weighted by molar-refractivity contribution is 5.98. The molecular formula is C25H34N6O3. The van der Waals surface area contributed by atoms with Crippen LogP contribution in [0.15, 0.2) is 24.3 Å². The molecule has 0 spiro atoms. The minimum atomic E-state index is -0.0904. The second-order valence-corrected chi connectivity index (χ2v) is 9.06. The third kappa shape index (κ3) is 4.64. The lowest BCUT2D eigenvalue weighted by molar-refractivity contribution is -0.129. The Morgan fingerprint density at radius 2 is 1.82 bits per heavy atom. The molecule has 1 atom stereocenters. The van der Waals surface area contributed by atoms with Crippen LogP contribution < -0.4 is 15.0 Å². The van der Waals surface area contributed by atoms with E-state index < -0.39 is 0 Å². The first kappa shape index (κ1) is 23.8. The highest BCUT2D eigenvalue weighted by Crippen LogP contribution is 2.34. The third-order valence-electron chi connectivity index (χ3n) is 6.46. The van der Waals surface area contributed by atoms with E-state index in [1.807, 2.05) is 54.8 Å². The summed E-state index contributed by atoms with van der Waals surface area (Å²) in [5.74, 6) is 2.03. The van der Waals surface area contributed by atoms with E-state index >= 15 is 0 Å². The summed E-state index contributed by atoms with van der Waals surface area (Å²) in [6.45, 7) is 13.2. The van der Waals surface area contributed by atoms with Gasteiger partial charge in [-0.1, -0.05) is 18.2 Å². The summed E-state index contributed by atoms with van der Waals surface area (Å²) in [7, 11) is 0. The number of fused-ring (bicyclic) bond motifs is 1. The number of carbonyl (C=O) groups excluding carboxylic acids is 2. The lowest BCUT2D eigenvalue weighted by Gasteiger charge is -2.34. The molecule has 1 aromatic heterocycles. The molecule has 9 nitrogen and oxygen atoms in total.